The lowest BCUT2D eigenvalue weighted by Gasteiger charge is -2.08. The molecule has 110 valence electrons. The van der Waals surface area contributed by atoms with Crippen molar-refractivity contribution >= 4 is 28.9 Å². The number of carbonyl (C=O) groups is 2. The molecule has 0 aliphatic rings. The van der Waals surface area contributed by atoms with Crippen molar-refractivity contribution in [2.45, 2.75) is 13.8 Å². The van der Waals surface area contributed by atoms with E-state index in [0.29, 0.717) is 11.4 Å². The maximum absolute atomic E-state index is 11.9. The second-order valence-corrected chi connectivity index (χ2v) is 5.46. The highest BCUT2D eigenvalue weighted by Crippen LogP contribution is 2.27. The molecule has 2 rings (SSSR count). The van der Waals surface area contributed by atoms with E-state index in [-0.39, 0.29) is 17.4 Å². The number of aromatic carboxylic acids is 1. The van der Waals surface area contributed by atoms with E-state index >= 15 is 0 Å². The van der Waals surface area contributed by atoms with Crippen molar-refractivity contribution in [3.05, 3.63) is 45.6 Å². The lowest BCUT2D eigenvalue weighted by Crippen LogP contribution is -2.21. The molecule has 2 aromatic rings. The summed E-state index contributed by atoms with van der Waals surface area (Å²) >= 11 is 1.09. The van der Waals surface area contributed by atoms with Gasteiger partial charge in [-0.15, -0.1) is 11.3 Å². The standard InChI is InChI=1S/C15H15NO4S/c1-9-4-3-5-11(6-9)20-7-12(17)16-13-10(2)8-21-14(13)15(18)19/h3-6,8H,7H2,1-2H3,(H,16,17)(H,18,19). The summed E-state index contributed by atoms with van der Waals surface area (Å²) in [6.45, 7) is 3.51. The number of anilines is 1. The minimum Gasteiger partial charge on any atom is -0.484 e. The van der Waals surface area contributed by atoms with Crippen LogP contribution in [0, 0.1) is 13.8 Å². The number of carbonyl (C=O) groups excluding carboxylic acids is 1. The van der Waals surface area contributed by atoms with Crippen molar-refractivity contribution in [3.63, 3.8) is 0 Å². The zero-order valence-electron chi connectivity index (χ0n) is 11.7. The number of benzene rings is 1. The van der Waals surface area contributed by atoms with Crippen LogP contribution in [0.1, 0.15) is 20.8 Å². The number of hydrogen-bond acceptors (Lipinski definition) is 4. The molecule has 0 saturated carbocycles. The molecular formula is C15H15NO4S. The Labute approximate surface area is 126 Å². The van der Waals surface area contributed by atoms with Crippen LogP contribution >= 0.6 is 11.3 Å². The van der Waals surface area contributed by atoms with Crippen molar-refractivity contribution in [3.8, 4) is 5.75 Å². The van der Waals surface area contributed by atoms with Crippen molar-refractivity contribution in [1.29, 1.82) is 0 Å². The number of hydrogen-bond donors (Lipinski definition) is 2. The summed E-state index contributed by atoms with van der Waals surface area (Å²) in [6, 6.07) is 7.36. The van der Waals surface area contributed by atoms with E-state index in [1.54, 1.807) is 18.4 Å². The van der Waals surface area contributed by atoms with Gasteiger partial charge in [-0.25, -0.2) is 4.79 Å². The predicted molar refractivity (Wildman–Crippen MR) is 81.3 cm³/mol. The first-order valence-electron chi connectivity index (χ1n) is 6.28. The lowest BCUT2D eigenvalue weighted by atomic mass is 10.2. The number of aryl methyl sites for hydroxylation is 2. The molecule has 1 aromatic carbocycles. The minimum absolute atomic E-state index is 0.122. The Morgan fingerprint density at radius 2 is 2.10 bits per heavy atom. The van der Waals surface area contributed by atoms with E-state index in [2.05, 4.69) is 5.32 Å². The Morgan fingerprint density at radius 3 is 2.76 bits per heavy atom. The molecule has 0 atom stereocenters. The molecule has 0 unspecified atom stereocenters. The maximum atomic E-state index is 11.9. The molecule has 0 fully saturated rings. The van der Waals surface area contributed by atoms with Gasteiger partial charge in [-0.1, -0.05) is 12.1 Å². The van der Waals surface area contributed by atoms with Crippen molar-refractivity contribution < 1.29 is 19.4 Å². The number of thiophene rings is 1. The van der Waals surface area contributed by atoms with Gasteiger partial charge in [0.15, 0.2) is 6.61 Å². The normalized spacial score (nSPS) is 10.2. The first-order chi connectivity index (χ1) is 9.97. The van der Waals surface area contributed by atoms with Crippen LogP contribution in [-0.2, 0) is 4.79 Å². The highest BCUT2D eigenvalue weighted by molar-refractivity contribution is 7.12. The number of carboxylic acid groups (broad SMARTS) is 1. The molecule has 1 aromatic heterocycles. The minimum atomic E-state index is -1.05. The molecule has 0 aliphatic carbocycles. The summed E-state index contributed by atoms with van der Waals surface area (Å²) in [7, 11) is 0. The third-order valence-corrected chi connectivity index (χ3v) is 3.88. The maximum Gasteiger partial charge on any atom is 0.348 e. The first kappa shape index (κ1) is 15.1. The van der Waals surface area contributed by atoms with Crippen LogP contribution in [0.5, 0.6) is 5.75 Å². The van der Waals surface area contributed by atoms with E-state index < -0.39 is 5.97 Å². The van der Waals surface area contributed by atoms with Crippen LogP contribution in [0.2, 0.25) is 0 Å². The fourth-order valence-corrected chi connectivity index (χ4v) is 2.63. The number of carboxylic acids is 1. The molecule has 1 amide bonds. The van der Waals surface area contributed by atoms with Gasteiger partial charge in [-0.3, -0.25) is 4.79 Å². The highest BCUT2D eigenvalue weighted by Gasteiger charge is 2.17. The van der Waals surface area contributed by atoms with Crippen molar-refractivity contribution in [2.24, 2.45) is 0 Å². The Balaban J connectivity index is 1.99. The predicted octanol–water partition coefficient (Wildman–Crippen LogP) is 3.08. The summed E-state index contributed by atoms with van der Waals surface area (Å²) < 4.78 is 5.38. The van der Waals surface area contributed by atoms with Crippen LogP contribution in [0.4, 0.5) is 5.69 Å². The molecule has 1 heterocycles. The number of nitrogens with one attached hydrogen (secondary N) is 1. The number of rotatable bonds is 5. The second kappa shape index (κ2) is 6.41. The second-order valence-electron chi connectivity index (χ2n) is 4.58. The van der Waals surface area contributed by atoms with Gasteiger partial charge >= 0.3 is 5.97 Å². The quantitative estimate of drug-likeness (QED) is 0.890. The van der Waals surface area contributed by atoms with Gasteiger partial charge in [-0.05, 0) is 42.5 Å². The summed E-state index contributed by atoms with van der Waals surface area (Å²) in [5, 5.41) is 13.3. The topological polar surface area (TPSA) is 75.6 Å². The number of ether oxygens (including phenoxy) is 1. The van der Waals surface area contributed by atoms with Gasteiger partial charge in [-0.2, -0.15) is 0 Å². The van der Waals surface area contributed by atoms with Gasteiger partial charge in [0.2, 0.25) is 0 Å². The lowest BCUT2D eigenvalue weighted by molar-refractivity contribution is -0.118. The molecule has 0 saturated heterocycles. The molecular weight excluding hydrogens is 290 g/mol. The zero-order chi connectivity index (χ0) is 15.4. The van der Waals surface area contributed by atoms with Crippen LogP contribution in [-0.4, -0.2) is 23.6 Å². The van der Waals surface area contributed by atoms with Crippen molar-refractivity contribution in [1.82, 2.24) is 0 Å². The number of amides is 1. The zero-order valence-corrected chi connectivity index (χ0v) is 12.5. The molecule has 5 nitrogen and oxygen atoms in total. The van der Waals surface area contributed by atoms with Crippen molar-refractivity contribution in [2.75, 3.05) is 11.9 Å². The Kier molecular flexibility index (Phi) is 4.59. The Hall–Kier alpha value is -2.34. The largest absolute Gasteiger partial charge is 0.484 e. The van der Waals surface area contributed by atoms with Crippen LogP contribution in [0.25, 0.3) is 0 Å². The molecule has 0 radical (unpaired) electrons. The van der Waals surface area contributed by atoms with E-state index in [9.17, 15) is 9.59 Å². The van der Waals surface area contributed by atoms with Crippen LogP contribution < -0.4 is 10.1 Å². The molecule has 6 heteroatoms. The van der Waals surface area contributed by atoms with Gasteiger partial charge in [0.25, 0.3) is 5.91 Å². The first-order valence-corrected chi connectivity index (χ1v) is 7.16. The van der Waals surface area contributed by atoms with Crippen LogP contribution in [0.15, 0.2) is 29.6 Å². The fraction of sp³-hybridized carbons (Fsp3) is 0.200. The van der Waals surface area contributed by atoms with E-state index in [1.165, 1.54) is 0 Å². The monoisotopic (exact) mass is 305 g/mol. The average Bonchev–Trinajstić information content (AvgIpc) is 2.78. The Morgan fingerprint density at radius 1 is 1.33 bits per heavy atom. The van der Waals surface area contributed by atoms with E-state index in [0.717, 1.165) is 22.5 Å². The fourth-order valence-electron chi connectivity index (χ4n) is 1.79. The van der Waals surface area contributed by atoms with Gasteiger partial charge in [0, 0.05) is 0 Å². The highest BCUT2D eigenvalue weighted by atomic mass is 32.1. The van der Waals surface area contributed by atoms with Gasteiger partial charge in [0.1, 0.15) is 10.6 Å². The average molecular weight is 305 g/mol. The summed E-state index contributed by atoms with van der Waals surface area (Å²) in [4.78, 5) is 23.1. The van der Waals surface area contributed by atoms with Gasteiger partial charge < -0.3 is 15.2 Å². The molecule has 0 aliphatic heterocycles. The summed E-state index contributed by atoms with van der Waals surface area (Å²) in [5.41, 5.74) is 2.10. The third-order valence-electron chi connectivity index (χ3n) is 2.79. The Bertz CT molecular complexity index is 678. The van der Waals surface area contributed by atoms with Gasteiger partial charge in [0.05, 0.1) is 5.69 Å². The molecule has 0 spiro atoms. The smallest absolute Gasteiger partial charge is 0.348 e. The van der Waals surface area contributed by atoms with E-state index in [1.807, 2.05) is 25.1 Å². The van der Waals surface area contributed by atoms with E-state index in [4.69, 9.17) is 9.84 Å². The molecule has 2 N–H and O–H groups in total. The third kappa shape index (κ3) is 3.82. The summed E-state index contributed by atoms with van der Waals surface area (Å²) in [5.74, 6) is -0.839. The van der Waals surface area contributed by atoms with Crippen LogP contribution in [0.3, 0.4) is 0 Å². The molecule has 21 heavy (non-hydrogen) atoms. The SMILES string of the molecule is Cc1cccc(OCC(=O)Nc2c(C)csc2C(=O)O)c1. The summed E-state index contributed by atoms with van der Waals surface area (Å²) in [6.07, 6.45) is 0. The molecule has 0 bridgehead atoms.